The van der Waals surface area contributed by atoms with E-state index >= 15 is 0 Å². The van der Waals surface area contributed by atoms with Crippen molar-refractivity contribution >= 4 is 5.91 Å². The van der Waals surface area contributed by atoms with Crippen LogP contribution in [-0.2, 0) is 11.2 Å². The molecule has 3 nitrogen and oxygen atoms in total. The second-order valence-electron chi connectivity index (χ2n) is 5.08. The van der Waals surface area contributed by atoms with Crippen LogP contribution in [0.25, 0.3) is 0 Å². The molecule has 3 N–H and O–H groups in total. The van der Waals surface area contributed by atoms with Crippen molar-refractivity contribution in [2.24, 2.45) is 11.7 Å². The number of hydrogen-bond donors (Lipinski definition) is 2. The summed E-state index contributed by atoms with van der Waals surface area (Å²) in [4.78, 5) is 11.4. The lowest BCUT2D eigenvalue weighted by Crippen LogP contribution is -2.46. The predicted octanol–water partition coefficient (Wildman–Crippen LogP) is 1.77. The van der Waals surface area contributed by atoms with E-state index in [0.717, 1.165) is 12.8 Å². The van der Waals surface area contributed by atoms with E-state index in [1.54, 1.807) is 0 Å². The van der Waals surface area contributed by atoms with Gasteiger partial charge < -0.3 is 5.73 Å². The third kappa shape index (κ3) is 2.50. The molecule has 1 aromatic carbocycles. The summed E-state index contributed by atoms with van der Waals surface area (Å²) in [7, 11) is 0. The summed E-state index contributed by atoms with van der Waals surface area (Å²) in [5.41, 5.74) is 8.14. The fourth-order valence-corrected chi connectivity index (χ4v) is 2.55. The van der Waals surface area contributed by atoms with E-state index in [9.17, 15) is 4.79 Å². The standard InChI is InChI=1S/C14H20N2O/c1-9(2)13(14(15)17)16-12-8-7-10-5-3-4-6-11(10)12/h3-6,9,12-13,16H,7-8H2,1-2H3,(H2,15,17). The van der Waals surface area contributed by atoms with E-state index in [4.69, 9.17) is 5.73 Å². The van der Waals surface area contributed by atoms with Crippen LogP contribution in [0, 0.1) is 5.92 Å². The summed E-state index contributed by atoms with van der Waals surface area (Å²) in [6, 6.07) is 8.43. The van der Waals surface area contributed by atoms with Crippen LogP contribution in [0.4, 0.5) is 0 Å². The summed E-state index contributed by atoms with van der Waals surface area (Å²) < 4.78 is 0. The maximum atomic E-state index is 11.4. The molecule has 2 unspecified atom stereocenters. The molecule has 0 radical (unpaired) electrons. The minimum atomic E-state index is -0.260. The molecule has 0 fully saturated rings. The number of amides is 1. The fourth-order valence-electron chi connectivity index (χ4n) is 2.55. The largest absolute Gasteiger partial charge is 0.368 e. The van der Waals surface area contributed by atoms with Crippen molar-refractivity contribution in [1.82, 2.24) is 5.32 Å². The maximum absolute atomic E-state index is 11.4. The highest BCUT2D eigenvalue weighted by Gasteiger charge is 2.27. The Morgan fingerprint density at radius 3 is 2.76 bits per heavy atom. The molecule has 0 aromatic heterocycles. The minimum Gasteiger partial charge on any atom is -0.368 e. The maximum Gasteiger partial charge on any atom is 0.234 e. The van der Waals surface area contributed by atoms with Crippen LogP contribution < -0.4 is 11.1 Å². The van der Waals surface area contributed by atoms with Gasteiger partial charge in [0.2, 0.25) is 5.91 Å². The third-order valence-corrected chi connectivity index (χ3v) is 3.49. The summed E-state index contributed by atoms with van der Waals surface area (Å²) in [5, 5.41) is 3.40. The van der Waals surface area contributed by atoms with Gasteiger partial charge in [0.1, 0.15) is 0 Å². The fraction of sp³-hybridized carbons (Fsp3) is 0.500. The van der Waals surface area contributed by atoms with Gasteiger partial charge in [0, 0.05) is 6.04 Å². The van der Waals surface area contributed by atoms with Crippen molar-refractivity contribution < 1.29 is 4.79 Å². The van der Waals surface area contributed by atoms with Crippen molar-refractivity contribution in [1.29, 1.82) is 0 Å². The van der Waals surface area contributed by atoms with Gasteiger partial charge in [0.25, 0.3) is 0 Å². The van der Waals surface area contributed by atoms with Gasteiger partial charge in [0.05, 0.1) is 6.04 Å². The second-order valence-corrected chi connectivity index (χ2v) is 5.08. The second kappa shape index (κ2) is 4.88. The average Bonchev–Trinajstić information content (AvgIpc) is 2.68. The van der Waals surface area contributed by atoms with Crippen LogP contribution in [0.5, 0.6) is 0 Å². The first kappa shape index (κ1) is 12.1. The molecule has 1 aromatic rings. The van der Waals surface area contributed by atoms with Crippen molar-refractivity contribution in [2.75, 3.05) is 0 Å². The SMILES string of the molecule is CC(C)C(NC1CCc2ccccc21)C(N)=O. The van der Waals surface area contributed by atoms with Crippen molar-refractivity contribution in [2.45, 2.75) is 38.8 Å². The number of benzene rings is 1. The van der Waals surface area contributed by atoms with E-state index in [0.29, 0.717) is 0 Å². The van der Waals surface area contributed by atoms with Crippen LogP contribution in [0.15, 0.2) is 24.3 Å². The summed E-state index contributed by atoms with van der Waals surface area (Å²) >= 11 is 0. The monoisotopic (exact) mass is 232 g/mol. The Labute approximate surface area is 102 Å². The highest BCUT2D eigenvalue weighted by molar-refractivity contribution is 5.80. The van der Waals surface area contributed by atoms with E-state index in [2.05, 4.69) is 23.5 Å². The van der Waals surface area contributed by atoms with Gasteiger partial charge in [0.15, 0.2) is 0 Å². The van der Waals surface area contributed by atoms with Gasteiger partial charge in [-0.3, -0.25) is 10.1 Å². The lowest BCUT2D eigenvalue weighted by atomic mass is 10.0. The Hall–Kier alpha value is -1.35. The summed E-state index contributed by atoms with van der Waals surface area (Å²) in [6.45, 7) is 4.03. The highest BCUT2D eigenvalue weighted by atomic mass is 16.1. The molecule has 0 spiro atoms. The van der Waals surface area contributed by atoms with Crippen molar-refractivity contribution in [3.63, 3.8) is 0 Å². The van der Waals surface area contributed by atoms with Crippen LogP contribution in [0.1, 0.15) is 37.4 Å². The highest BCUT2D eigenvalue weighted by Crippen LogP contribution is 2.31. The number of primary amides is 1. The van der Waals surface area contributed by atoms with Gasteiger partial charge in [-0.25, -0.2) is 0 Å². The third-order valence-electron chi connectivity index (χ3n) is 3.49. The molecule has 1 aliphatic rings. The Morgan fingerprint density at radius 2 is 2.12 bits per heavy atom. The first-order valence-corrected chi connectivity index (χ1v) is 6.22. The smallest absolute Gasteiger partial charge is 0.234 e. The van der Waals surface area contributed by atoms with Gasteiger partial charge in [-0.05, 0) is 29.9 Å². The lowest BCUT2D eigenvalue weighted by molar-refractivity contribution is -0.121. The van der Waals surface area contributed by atoms with E-state index in [1.807, 2.05) is 19.9 Å². The van der Waals surface area contributed by atoms with Gasteiger partial charge in [-0.15, -0.1) is 0 Å². The number of nitrogens with one attached hydrogen (secondary N) is 1. The molecule has 0 aliphatic heterocycles. The van der Waals surface area contributed by atoms with Crippen molar-refractivity contribution in [3.8, 4) is 0 Å². The first-order valence-electron chi connectivity index (χ1n) is 6.22. The zero-order valence-electron chi connectivity index (χ0n) is 10.4. The van der Waals surface area contributed by atoms with E-state index < -0.39 is 0 Å². The number of carbonyl (C=O) groups is 1. The van der Waals surface area contributed by atoms with Crippen LogP contribution >= 0.6 is 0 Å². The van der Waals surface area contributed by atoms with Crippen LogP contribution in [-0.4, -0.2) is 11.9 Å². The molecular formula is C14H20N2O. The normalized spacial score (nSPS) is 20.3. The predicted molar refractivity (Wildman–Crippen MR) is 68.5 cm³/mol. The van der Waals surface area contributed by atoms with E-state index in [-0.39, 0.29) is 23.9 Å². The molecule has 1 amide bonds. The molecule has 92 valence electrons. The number of carbonyl (C=O) groups excluding carboxylic acids is 1. The zero-order chi connectivity index (χ0) is 12.4. The molecule has 1 aliphatic carbocycles. The zero-order valence-corrected chi connectivity index (χ0v) is 10.4. The molecule has 2 atom stereocenters. The van der Waals surface area contributed by atoms with Gasteiger partial charge >= 0.3 is 0 Å². The summed E-state index contributed by atoms with van der Waals surface area (Å²) in [5.74, 6) is -0.0374. The van der Waals surface area contributed by atoms with Gasteiger partial charge in [-0.1, -0.05) is 38.1 Å². The van der Waals surface area contributed by atoms with Gasteiger partial charge in [-0.2, -0.15) is 0 Å². The molecule has 0 bridgehead atoms. The average molecular weight is 232 g/mol. The Balaban J connectivity index is 2.13. The lowest BCUT2D eigenvalue weighted by Gasteiger charge is -2.24. The molecule has 0 saturated carbocycles. The van der Waals surface area contributed by atoms with E-state index in [1.165, 1.54) is 11.1 Å². The number of fused-ring (bicyclic) bond motifs is 1. The number of nitrogens with two attached hydrogens (primary N) is 1. The molecule has 0 heterocycles. The Morgan fingerprint density at radius 1 is 1.41 bits per heavy atom. The molecule has 3 heteroatoms. The Kier molecular flexibility index (Phi) is 3.48. The number of aryl methyl sites for hydroxylation is 1. The van der Waals surface area contributed by atoms with Crippen LogP contribution in [0.3, 0.4) is 0 Å². The quantitative estimate of drug-likeness (QED) is 0.831. The topological polar surface area (TPSA) is 55.1 Å². The van der Waals surface area contributed by atoms with Crippen LogP contribution in [0.2, 0.25) is 0 Å². The summed E-state index contributed by atoms with van der Waals surface area (Å²) in [6.07, 6.45) is 2.13. The molecule has 2 rings (SSSR count). The molecular weight excluding hydrogens is 212 g/mol. The minimum absolute atomic E-state index is 0.222. The Bertz CT molecular complexity index is 414. The first-order chi connectivity index (χ1) is 8.09. The molecule has 0 saturated heterocycles. The number of rotatable bonds is 4. The molecule has 17 heavy (non-hydrogen) atoms. The van der Waals surface area contributed by atoms with Crippen molar-refractivity contribution in [3.05, 3.63) is 35.4 Å². The number of hydrogen-bond acceptors (Lipinski definition) is 2.